The van der Waals surface area contributed by atoms with Crippen LogP contribution in [-0.2, 0) is 16.0 Å². The zero-order valence-corrected chi connectivity index (χ0v) is 15.4. The van der Waals surface area contributed by atoms with E-state index in [1.54, 1.807) is 12.1 Å². The van der Waals surface area contributed by atoms with Crippen molar-refractivity contribution in [1.29, 1.82) is 0 Å². The van der Waals surface area contributed by atoms with Gasteiger partial charge in [0.25, 0.3) is 5.69 Å². The number of ether oxygens (including phenoxy) is 1. The van der Waals surface area contributed by atoms with Crippen LogP contribution < -0.4 is 4.90 Å². The third-order valence-corrected chi connectivity index (χ3v) is 5.56. The van der Waals surface area contributed by atoms with Gasteiger partial charge in [-0.05, 0) is 24.5 Å². The molecule has 142 valence electrons. The molecule has 1 aromatic carbocycles. The molecule has 0 aromatic heterocycles. The first-order chi connectivity index (χ1) is 12.6. The Hall–Kier alpha value is -2.15. The number of carbonyl (C=O) groups excluding carboxylic acids is 1. The number of benzene rings is 1. The molecule has 0 unspecified atom stereocenters. The molecule has 0 N–H and O–H groups in total. The molecule has 0 amide bonds. The van der Waals surface area contributed by atoms with Gasteiger partial charge in [-0.25, -0.2) is 0 Å². The van der Waals surface area contributed by atoms with E-state index in [0.717, 1.165) is 26.2 Å². The molecule has 0 bridgehead atoms. The molecular weight excluding hydrogens is 334 g/mol. The van der Waals surface area contributed by atoms with Gasteiger partial charge in [0.2, 0.25) is 0 Å². The molecule has 1 saturated heterocycles. The second kappa shape index (κ2) is 8.49. The van der Waals surface area contributed by atoms with Crippen molar-refractivity contribution in [2.24, 2.45) is 0 Å². The van der Waals surface area contributed by atoms with Gasteiger partial charge < -0.3 is 9.64 Å². The minimum Gasteiger partial charge on any atom is -0.469 e. The monoisotopic (exact) mass is 361 g/mol. The fourth-order valence-corrected chi connectivity index (χ4v) is 4.11. The predicted molar refractivity (Wildman–Crippen MR) is 99.5 cm³/mol. The van der Waals surface area contributed by atoms with E-state index in [4.69, 9.17) is 0 Å². The van der Waals surface area contributed by atoms with Gasteiger partial charge in [-0.1, -0.05) is 25.3 Å². The molecule has 7 nitrogen and oxygen atoms in total. The van der Waals surface area contributed by atoms with E-state index in [1.165, 1.54) is 45.3 Å². The lowest BCUT2D eigenvalue weighted by Crippen LogP contribution is -2.51. The second-order valence-corrected chi connectivity index (χ2v) is 7.15. The van der Waals surface area contributed by atoms with E-state index in [2.05, 4.69) is 14.5 Å². The maximum atomic E-state index is 11.5. The minimum atomic E-state index is -0.395. The highest BCUT2D eigenvalue weighted by molar-refractivity contribution is 5.74. The van der Waals surface area contributed by atoms with Crippen LogP contribution in [0.2, 0.25) is 0 Å². The first-order valence-corrected chi connectivity index (χ1v) is 9.41. The van der Waals surface area contributed by atoms with Crippen molar-refractivity contribution in [3.63, 3.8) is 0 Å². The fourth-order valence-electron chi connectivity index (χ4n) is 4.11. The number of nitro groups is 1. The Kier molecular flexibility index (Phi) is 6.08. The van der Waals surface area contributed by atoms with Gasteiger partial charge in [0.15, 0.2) is 0 Å². The minimum absolute atomic E-state index is 0.0487. The molecule has 0 radical (unpaired) electrons. The predicted octanol–water partition coefficient (Wildman–Crippen LogP) is 2.77. The lowest BCUT2D eigenvalue weighted by molar-refractivity contribution is -0.384. The van der Waals surface area contributed by atoms with Crippen LogP contribution in [0.4, 0.5) is 11.4 Å². The molecular formula is C19H27N3O4. The highest BCUT2D eigenvalue weighted by Gasteiger charge is 2.28. The van der Waals surface area contributed by atoms with E-state index in [0.29, 0.717) is 17.3 Å². The van der Waals surface area contributed by atoms with Crippen LogP contribution in [0.15, 0.2) is 18.2 Å². The molecule has 7 heteroatoms. The number of hydrogen-bond donors (Lipinski definition) is 0. The highest BCUT2D eigenvalue weighted by Crippen LogP contribution is 2.31. The Balaban J connectivity index is 1.68. The quantitative estimate of drug-likeness (QED) is 0.456. The first-order valence-electron chi connectivity index (χ1n) is 9.41. The molecule has 2 fully saturated rings. The number of anilines is 1. The summed E-state index contributed by atoms with van der Waals surface area (Å²) < 4.78 is 4.65. The maximum Gasteiger partial charge on any atom is 0.309 e. The summed E-state index contributed by atoms with van der Waals surface area (Å²) in [7, 11) is 1.32. The molecule has 26 heavy (non-hydrogen) atoms. The lowest BCUT2D eigenvalue weighted by Gasteiger charge is -2.41. The average molecular weight is 361 g/mol. The summed E-state index contributed by atoms with van der Waals surface area (Å²) in [4.78, 5) is 27.3. The van der Waals surface area contributed by atoms with Gasteiger partial charge in [0.05, 0.1) is 18.5 Å². The smallest absolute Gasteiger partial charge is 0.309 e. The van der Waals surface area contributed by atoms with Crippen LogP contribution in [0.1, 0.15) is 37.7 Å². The van der Waals surface area contributed by atoms with Crippen LogP contribution in [0.25, 0.3) is 0 Å². The number of piperazine rings is 1. The van der Waals surface area contributed by atoms with Crippen LogP contribution in [0.3, 0.4) is 0 Å². The van der Waals surface area contributed by atoms with Gasteiger partial charge >= 0.3 is 5.97 Å². The van der Waals surface area contributed by atoms with Crippen molar-refractivity contribution in [1.82, 2.24) is 4.90 Å². The van der Waals surface area contributed by atoms with Crippen molar-refractivity contribution < 1.29 is 14.5 Å². The molecule has 1 aliphatic carbocycles. The number of hydrogen-bond acceptors (Lipinski definition) is 6. The summed E-state index contributed by atoms with van der Waals surface area (Å²) in [6.07, 6.45) is 6.59. The Morgan fingerprint density at radius 2 is 1.88 bits per heavy atom. The summed E-state index contributed by atoms with van der Waals surface area (Å²) in [6.45, 7) is 3.50. The summed E-state index contributed by atoms with van der Waals surface area (Å²) in [5, 5.41) is 11.5. The molecule has 1 aromatic rings. The largest absolute Gasteiger partial charge is 0.469 e. The third-order valence-electron chi connectivity index (χ3n) is 5.56. The molecule has 1 heterocycles. The van der Waals surface area contributed by atoms with E-state index >= 15 is 0 Å². The number of nitrogens with zero attached hydrogens (tertiary/aromatic N) is 3. The summed E-state index contributed by atoms with van der Waals surface area (Å²) in [5.41, 5.74) is 1.32. The van der Waals surface area contributed by atoms with Crippen molar-refractivity contribution in [2.75, 3.05) is 38.2 Å². The lowest BCUT2D eigenvalue weighted by atomic mass is 9.94. The Morgan fingerprint density at radius 3 is 2.50 bits per heavy atom. The first kappa shape index (κ1) is 18.6. The van der Waals surface area contributed by atoms with Gasteiger partial charge in [-0.2, -0.15) is 0 Å². The molecule has 1 aliphatic heterocycles. The fraction of sp³-hybridized carbons (Fsp3) is 0.632. The summed E-state index contributed by atoms with van der Waals surface area (Å²) in [5.74, 6) is -0.395. The SMILES string of the molecule is COC(=O)Cc1ccc(N2CCN(C3CCCCC3)CC2)c([N+](=O)[O-])c1. The van der Waals surface area contributed by atoms with Crippen molar-refractivity contribution in [3.8, 4) is 0 Å². The molecule has 0 spiro atoms. The second-order valence-electron chi connectivity index (χ2n) is 7.15. The zero-order chi connectivity index (χ0) is 18.5. The third kappa shape index (κ3) is 4.33. The van der Waals surface area contributed by atoms with Crippen LogP contribution in [-0.4, -0.2) is 55.1 Å². The zero-order valence-electron chi connectivity index (χ0n) is 15.4. The van der Waals surface area contributed by atoms with E-state index in [-0.39, 0.29) is 17.0 Å². The van der Waals surface area contributed by atoms with Crippen molar-refractivity contribution in [2.45, 2.75) is 44.6 Å². The van der Waals surface area contributed by atoms with E-state index in [1.807, 2.05) is 0 Å². The summed E-state index contributed by atoms with van der Waals surface area (Å²) >= 11 is 0. The van der Waals surface area contributed by atoms with Crippen molar-refractivity contribution in [3.05, 3.63) is 33.9 Å². The number of carbonyl (C=O) groups is 1. The number of rotatable bonds is 5. The van der Waals surface area contributed by atoms with Gasteiger partial charge in [-0.15, -0.1) is 0 Å². The normalized spacial score (nSPS) is 19.3. The topological polar surface area (TPSA) is 75.9 Å². The van der Waals surface area contributed by atoms with Gasteiger partial charge in [-0.3, -0.25) is 19.8 Å². The van der Waals surface area contributed by atoms with E-state index in [9.17, 15) is 14.9 Å². The van der Waals surface area contributed by atoms with Crippen LogP contribution in [0.5, 0.6) is 0 Å². The molecule has 0 atom stereocenters. The van der Waals surface area contributed by atoms with Gasteiger partial charge in [0.1, 0.15) is 5.69 Å². The number of nitro benzene ring substituents is 1. The van der Waals surface area contributed by atoms with Gasteiger partial charge in [0, 0.05) is 38.3 Å². The van der Waals surface area contributed by atoms with E-state index < -0.39 is 5.97 Å². The Labute approximate surface area is 154 Å². The molecule has 3 rings (SSSR count). The average Bonchev–Trinajstić information content (AvgIpc) is 2.68. The maximum absolute atomic E-state index is 11.5. The van der Waals surface area contributed by atoms with Crippen LogP contribution in [0, 0.1) is 10.1 Å². The Bertz CT molecular complexity index is 650. The van der Waals surface area contributed by atoms with Crippen molar-refractivity contribution >= 4 is 17.3 Å². The molecule has 1 saturated carbocycles. The highest BCUT2D eigenvalue weighted by atomic mass is 16.6. The number of methoxy groups -OCH3 is 1. The standard InChI is InChI=1S/C19H27N3O4/c1-26-19(23)14-15-7-8-17(18(13-15)22(24)25)21-11-9-20(10-12-21)16-5-3-2-4-6-16/h7-8,13,16H,2-6,9-12,14H2,1H3. The number of esters is 1. The molecule has 2 aliphatic rings. The Morgan fingerprint density at radius 1 is 1.19 bits per heavy atom. The van der Waals surface area contributed by atoms with Crippen LogP contribution >= 0.6 is 0 Å². The summed E-state index contributed by atoms with van der Waals surface area (Å²) in [6, 6.07) is 5.74.